The van der Waals surface area contributed by atoms with Crippen molar-refractivity contribution in [3.05, 3.63) is 34.3 Å². The van der Waals surface area contributed by atoms with Gasteiger partial charge < -0.3 is 4.74 Å². The molecule has 0 saturated heterocycles. The minimum absolute atomic E-state index is 0.249. The Kier molecular flexibility index (Phi) is 5.21. The van der Waals surface area contributed by atoms with Crippen molar-refractivity contribution in [1.82, 2.24) is 0 Å². The third kappa shape index (κ3) is 3.94. The van der Waals surface area contributed by atoms with Gasteiger partial charge in [-0.2, -0.15) is 0 Å². The van der Waals surface area contributed by atoms with Crippen LogP contribution in [-0.4, -0.2) is 15.4 Å². The standard InChI is InChI=1S/C15H25BrOSi/c1-14(2,18(5)6)11-17-15(3,4)12-9-7-8-10-13(12)16/h7-10,18H,11H2,1-6H3. The summed E-state index contributed by atoms with van der Waals surface area (Å²) in [5.74, 6) is 0. The van der Waals surface area contributed by atoms with Crippen LogP contribution in [0.5, 0.6) is 0 Å². The molecule has 0 aliphatic carbocycles. The highest BCUT2D eigenvalue weighted by atomic mass is 79.9. The molecular formula is C15H25BrOSi. The van der Waals surface area contributed by atoms with Crippen molar-refractivity contribution in [2.75, 3.05) is 6.61 Å². The molecule has 0 aliphatic heterocycles. The molecule has 0 aliphatic rings. The summed E-state index contributed by atoms with van der Waals surface area (Å²) in [6, 6.07) is 8.30. The molecule has 0 atom stereocenters. The van der Waals surface area contributed by atoms with Crippen molar-refractivity contribution in [3.8, 4) is 0 Å². The van der Waals surface area contributed by atoms with Crippen LogP contribution in [0, 0.1) is 0 Å². The summed E-state index contributed by atoms with van der Waals surface area (Å²) in [7, 11) is -0.712. The highest BCUT2D eigenvalue weighted by Gasteiger charge is 2.29. The average Bonchev–Trinajstić information content (AvgIpc) is 2.27. The van der Waals surface area contributed by atoms with E-state index in [2.05, 4.69) is 74.9 Å². The summed E-state index contributed by atoms with van der Waals surface area (Å²) in [4.78, 5) is 0. The van der Waals surface area contributed by atoms with Gasteiger partial charge in [-0.25, -0.2) is 0 Å². The molecule has 0 bridgehead atoms. The zero-order valence-corrected chi connectivity index (χ0v) is 15.1. The van der Waals surface area contributed by atoms with E-state index in [4.69, 9.17) is 4.74 Å². The molecule has 0 N–H and O–H groups in total. The Morgan fingerprint density at radius 1 is 1.11 bits per heavy atom. The molecule has 0 aromatic heterocycles. The monoisotopic (exact) mass is 328 g/mol. The Morgan fingerprint density at radius 2 is 1.67 bits per heavy atom. The lowest BCUT2D eigenvalue weighted by molar-refractivity contribution is -0.0329. The van der Waals surface area contributed by atoms with E-state index in [-0.39, 0.29) is 5.60 Å². The molecule has 3 heteroatoms. The lowest BCUT2D eigenvalue weighted by Gasteiger charge is -2.34. The van der Waals surface area contributed by atoms with Gasteiger partial charge in [-0.1, -0.05) is 61.1 Å². The molecule has 1 nitrogen and oxygen atoms in total. The molecule has 0 amide bonds. The van der Waals surface area contributed by atoms with E-state index >= 15 is 0 Å². The second kappa shape index (κ2) is 5.89. The first kappa shape index (κ1) is 15.9. The third-order valence-corrected chi connectivity index (χ3v) is 7.87. The van der Waals surface area contributed by atoms with Gasteiger partial charge in [0.25, 0.3) is 0 Å². The lowest BCUT2D eigenvalue weighted by atomic mass is 9.98. The molecule has 0 radical (unpaired) electrons. The summed E-state index contributed by atoms with van der Waals surface area (Å²) in [6.07, 6.45) is 0. The number of hydrogen-bond donors (Lipinski definition) is 0. The first-order chi connectivity index (χ1) is 8.17. The highest BCUT2D eigenvalue weighted by Crippen LogP contribution is 2.35. The van der Waals surface area contributed by atoms with Crippen LogP contribution in [0.15, 0.2) is 28.7 Å². The first-order valence-electron chi connectivity index (χ1n) is 6.56. The average molecular weight is 329 g/mol. The van der Waals surface area contributed by atoms with Crippen molar-refractivity contribution in [2.24, 2.45) is 0 Å². The maximum atomic E-state index is 6.23. The van der Waals surface area contributed by atoms with Gasteiger partial charge in [-0.15, -0.1) is 0 Å². The molecule has 0 unspecified atom stereocenters. The van der Waals surface area contributed by atoms with Gasteiger partial charge in [-0.3, -0.25) is 0 Å². The number of rotatable bonds is 5. The zero-order valence-electron chi connectivity index (χ0n) is 12.4. The largest absolute Gasteiger partial charge is 0.371 e. The second-order valence-electron chi connectivity index (χ2n) is 6.42. The Hall–Kier alpha value is -0.123. The SMILES string of the molecule is C[SiH](C)C(C)(C)COC(C)(C)c1ccccc1Br. The smallest absolute Gasteiger partial charge is 0.0886 e. The molecule has 18 heavy (non-hydrogen) atoms. The van der Waals surface area contributed by atoms with Crippen molar-refractivity contribution in [2.45, 2.75) is 51.4 Å². The molecule has 0 fully saturated rings. The predicted octanol–water partition coefficient (Wildman–Crippen LogP) is 4.97. The Morgan fingerprint density at radius 3 is 2.17 bits per heavy atom. The fourth-order valence-electron chi connectivity index (χ4n) is 1.56. The van der Waals surface area contributed by atoms with Crippen LogP contribution in [0.25, 0.3) is 0 Å². The second-order valence-corrected chi connectivity index (χ2v) is 11.1. The van der Waals surface area contributed by atoms with Crippen LogP contribution in [0.1, 0.15) is 33.3 Å². The molecule has 0 heterocycles. The van der Waals surface area contributed by atoms with E-state index in [1.54, 1.807) is 0 Å². The minimum Gasteiger partial charge on any atom is -0.371 e. The topological polar surface area (TPSA) is 9.23 Å². The van der Waals surface area contributed by atoms with Crippen LogP contribution in [0.4, 0.5) is 0 Å². The van der Waals surface area contributed by atoms with Crippen LogP contribution >= 0.6 is 15.9 Å². The van der Waals surface area contributed by atoms with E-state index < -0.39 is 8.80 Å². The van der Waals surface area contributed by atoms with E-state index in [1.165, 1.54) is 5.56 Å². The first-order valence-corrected chi connectivity index (χ1v) is 10.2. The zero-order chi connectivity index (χ0) is 14.0. The van der Waals surface area contributed by atoms with Crippen molar-refractivity contribution in [3.63, 3.8) is 0 Å². The van der Waals surface area contributed by atoms with Crippen LogP contribution < -0.4 is 0 Å². The quantitative estimate of drug-likeness (QED) is 0.693. The number of benzene rings is 1. The summed E-state index contributed by atoms with van der Waals surface area (Å²) < 4.78 is 7.35. The summed E-state index contributed by atoms with van der Waals surface area (Å²) >= 11 is 3.61. The normalized spacial score (nSPS) is 13.1. The van der Waals surface area contributed by atoms with Crippen molar-refractivity contribution >= 4 is 24.7 Å². The highest BCUT2D eigenvalue weighted by molar-refractivity contribution is 9.10. The van der Waals surface area contributed by atoms with Gasteiger partial charge in [0.2, 0.25) is 0 Å². The van der Waals surface area contributed by atoms with Gasteiger partial charge in [0.05, 0.1) is 12.2 Å². The number of halogens is 1. The molecule has 1 aromatic carbocycles. The van der Waals surface area contributed by atoms with E-state index in [1.807, 2.05) is 6.07 Å². The maximum Gasteiger partial charge on any atom is 0.0886 e. The van der Waals surface area contributed by atoms with Gasteiger partial charge in [0, 0.05) is 13.3 Å². The Balaban J connectivity index is 2.81. The van der Waals surface area contributed by atoms with Gasteiger partial charge in [0.1, 0.15) is 0 Å². The van der Waals surface area contributed by atoms with Crippen LogP contribution in [0.3, 0.4) is 0 Å². The maximum absolute atomic E-state index is 6.23. The Labute approximate surface area is 122 Å². The van der Waals surface area contributed by atoms with Crippen molar-refractivity contribution in [1.29, 1.82) is 0 Å². The van der Waals surface area contributed by atoms with Crippen LogP contribution in [-0.2, 0) is 10.3 Å². The fourth-order valence-corrected chi connectivity index (χ4v) is 2.74. The van der Waals surface area contributed by atoms with E-state index in [0.717, 1.165) is 11.1 Å². The number of ether oxygens (including phenoxy) is 1. The Bertz CT molecular complexity index is 399. The third-order valence-electron chi connectivity index (χ3n) is 3.89. The summed E-state index contributed by atoms with van der Waals surface area (Å²) in [6.45, 7) is 14.5. The fraction of sp³-hybridized carbons (Fsp3) is 0.600. The number of hydrogen-bond acceptors (Lipinski definition) is 1. The minimum atomic E-state index is -0.712. The molecule has 0 saturated carbocycles. The van der Waals surface area contributed by atoms with Gasteiger partial charge in [0.15, 0.2) is 0 Å². The molecule has 0 spiro atoms. The van der Waals surface area contributed by atoms with Crippen LogP contribution in [0.2, 0.25) is 18.1 Å². The van der Waals surface area contributed by atoms with Gasteiger partial charge in [-0.05, 0) is 30.5 Å². The molecule has 1 aromatic rings. The molecule has 1 rings (SSSR count). The predicted molar refractivity (Wildman–Crippen MR) is 86.0 cm³/mol. The van der Waals surface area contributed by atoms with E-state index in [9.17, 15) is 0 Å². The van der Waals surface area contributed by atoms with Gasteiger partial charge >= 0.3 is 0 Å². The van der Waals surface area contributed by atoms with Crippen molar-refractivity contribution < 1.29 is 4.74 Å². The molecule has 102 valence electrons. The summed E-state index contributed by atoms with van der Waals surface area (Å²) in [5.41, 5.74) is 0.965. The summed E-state index contributed by atoms with van der Waals surface area (Å²) in [5, 5.41) is 0.332. The molecular weight excluding hydrogens is 304 g/mol. The van der Waals surface area contributed by atoms with E-state index in [0.29, 0.717) is 5.04 Å². The lowest BCUT2D eigenvalue weighted by Crippen LogP contribution is -2.32.